The van der Waals surface area contributed by atoms with Crippen molar-refractivity contribution >= 4 is 0 Å². The Labute approximate surface area is 87.8 Å². The van der Waals surface area contributed by atoms with Crippen LogP contribution >= 0.6 is 0 Å². The van der Waals surface area contributed by atoms with Crippen LogP contribution in [0.4, 0.5) is 13.2 Å². The summed E-state index contributed by atoms with van der Waals surface area (Å²) in [5.74, 6) is 0.384. The summed E-state index contributed by atoms with van der Waals surface area (Å²) in [7, 11) is 1.85. The van der Waals surface area contributed by atoms with E-state index in [9.17, 15) is 13.2 Å². The van der Waals surface area contributed by atoms with E-state index in [0.29, 0.717) is 31.8 Å². The minimum Gasteiger partial charge on any atom is -0.319 e. The third-order valence-electron chi connectivity index (χ3n) is 3.64. The highest BCUT2D eigenvalue weighted by molar-refractivity contribution is 5.10. The van der Waals surface area contributed by atoms with E-state index in [-0.39, 0.29) is 0 Å². The molecule has 2 rings (SSSR count). The molecule has 2 nitrogen and oxygen atoms in total. The first-order valence-electron chi connectivity index (χ1n) is 5.46. The fraction of sp³-hybridized carbons (Fsp3) is 1.00. The molecule has 0 aromatic rings. The van der Waals surface area contributed by atoms with Crippen LogP contribution in [0.2, 0.25) is 0 Å². The van der Waals surface area contributed by atoms with Crippen LogP contribution in [0.15, 0.2) is 0 Å². The molecule has 1 unspecified atom stereocenters. The minimum absolute atomic E-state index is 0.294. The predicted octanol–water partition coefficient (Wildman–Crippen LogP) is 1.62. The van der Waals surface area contributed by atoms with Gasteiger partial charge in [0.1, 0.15) is 5.54 Å². The maximum Gasteiger partial charge on any atom is 0.406 e. The molecule has 1 saturated heterocycles. The first kappa shape index (κ1) is 11.2. The maximum atomic E-state index is 12.8. The fourth-order valence-electron chi connectivity index (χ4n) is 2.57. The number of likely N-dealkylation sites (tertiary alicyclic amines) is 1. The van der Waals surface area contributed by atoms with E-state index in [1.165, 1.54) is 0 Å². The van der Waals surface area contributed by atoms with Crippen LogP contribution in [-0.4, -0.2) is 43.3 Å². The van der Waals surface area contributed by atoms with Gasteiger partial charge in [0.05, 0.1) is 0 Å². The lowest BCUT2D eigenvalue weighted by Gasteiger charge is -2.29. The van der Waals surface area contributed by atoms with Gasteiger partial charge in [-0.15, -0.1) is 0 Å². The Morgan fingerprint density at radius 1 is 1.40 bits per heavy atom. The number of hydrogen-bond acceptors (Lipinski definition) is 2. The second kappa shape index (κ2) is 3.63. The van der Waals surface area contributed by atoms with Gasteiger partial charge in [0.2, 0.25) is 0 Å². The maximum absolute atomic E-state index is 12.8. The van der Waals surface area contributed by atoms with Crippen molar-refractivity contribution < 1.29 is 13.2 Å². The zero-order valence-corrected chi connectivity index (χ0v) is 8.90. The highest BCUT2D eigenvalue weighted by atomic mass is 19.4. The van der Waals surface area contributed by atoms with E-state index < -0.39 is 11.7 Å². The van der Waals surface area contributed by atoms with Crippen LogP contribution in [0.5, 0.6) is 0 Å². The molecule has 1 atom stereocenters. The monoisotopic (exact) mass is 222 g/mol. The highest BCUT2D eigenvalue weighted by Gasteiger charge is 2.67. The van der Waals surface area contributed by atoms with Crippen LogP contribution in [0.25, 0.3) is 0 Å². The molecule has 0 aromatic heterocycles. The topological polar surface area (TPSA) is 15.3 Å². The molecule has 0 bridgehead atoms. The number of nitrogens with zero attached hydrogens (tertiary/aromatic N) is 1. The van der Waals surface area contributed by atoms with Crippen molar-refractivity contribution in [3.8, 4) is 0 Å². The van der Waals surface area contributed by atoms with Crippen LogP contribution < -0.4 is 5.32 Å². The summed E-state index contributed by atoms with van der Waals surface area (Å²) in [4.78, 5) is 1.65. The quantitative estimate of drug-likeness (QED) is 0.780. The van der Waals surface area contributed by atoms with Crippen molar-refractivity contribution in [2.75, 3.05) is 26.7 Å². The summed E-state index contributed by atoms with van der Waals surface area (Å²) in [6, 6.07) is 0. The van der Waals surface area contributed by atoms with Crippen molar-refractivity contribution in [2.45, 2.75) is 31.0 Å². The summed E-state index contributed by atoms with van der Waals surface area (Å²) in [5.41, 5.74) is -1.45. The van der Waals surface area contributed by atoms with E-state index >= 15 is 0 Å². The van der Waals surface area contributed by atoms with Gasteiger partial charge in [-0.1, -0.05) is 0 Å². The summed E-state index contributed by atoms with van der Waals surface area (Å²) in [6.45, 7) is 2.02. The van der Waals surface area contributed by atoms with Gasteiger partial charge in [0, 0.05) is 6.54 Å². The Morgan fingerprint density at radius 2 is 2.07 bits per heavy atom. The normalized spacial score (nSPS) is 30.8. The molecular formula is C10H17F3N2. The Bertz CT molecular complexity index is 235. The number of hydrogen-bond donors (Lipinski definition) is 1. The van der Waals surface area contributed by atoms with E-state index in [1.807, 2.05) is 7.05 Å². The Hall–Kier alpha value is -0.290. The van der Waals surface area contributed by atoms with E-state index in [1.54, 1.807) is 4.90 Å². The third-order valence-corrected chi connectivity index (χ3v) is 3.64. The third kappa shape index (κ3) is 1.87. The molecule has 0 aromatic carbocycles. The van der Waals surface area contributed by atoms with Crippen LogP contribution in [0, 0.1) is 5.92 Å². The molecule has 5 heteroatoms. The molecule has 2 aliphatic rings. The predicted molar refractivity (Wildman–Crippen MR) is 51.6 cm³/mol. The van der Waals surface area contributed by atoms with Crippen molar-refractivity contribution in [2.24, 2.45) is 5.92 Å². The van der Waals surface area contributed by atoms with Gasteiger partial charge in [0.15, 0.2) is 0 Å². The van der Waals surface area contributed by atoms with Crippen molar-refractivity contribution in [1.29, 1.82) is 0 Å². The Balaban J connectivity index is 1.96. The standard InChI is InChI=1S/C10H17F3N2/c1-14-6-8-2-5-15(7-8)9(3-4-9)10(11,12)13/h8,14H,2-7H2,1H3. The molecule has 1 N–H and O–H groups in total. The SMILES string of the molecule is CNCC1CCN(C2(C(F)(F)F)CC2)C1. The number of alkyl halides is 3. The van der Waals surface area contributed by atoms with Crippen molar-refractivity contribution in [3.63, 3.8) is 0 Å². The minimum atomic E-state index is -4.04. The smallest absolute Gasteiger partial charge is 0.319 e. The molecule has 2 fully saturated rings. The van der Waals surface area contributed by atoms with E-state index in [2.05, 4.69) is 5.32 Å². The lowest BCUT2D eigenvalue weighted by atomic mass is 10.1. The summed E-state index contributed by atoms with van der Waals surface area (Å²) >= 11 is 0. The zero-order chi connectivity index (χ0) is 11.1. The van der Waals surface area contributed by atoms with Gasteiger partial charge in [0.25, 0.3) is 0 Å². The number of rotatable bonds is 3. The molecule has 0 amide bonds. The van der Waals surface area contributed by atoms with Gasteiger partial charge in [-0.25, -0.2) is 0 Å². The fourth-order valence-corrected chi connectivity index (χ4v) is 2.57. The first-order chi connectivity index (χ1) is 6.99. The average molecular weight is 222 g/mol. The van der Waals surface area contributed by atoms with Gasteiger partial charge in [-0.3, -0.25) is 4.90 Å². The van der Waals surface area contributed by atoms with Gasteiger partial charge < -0.3 is 5.32 Å². The average Bonchev–Trinajstić information content (AvgIpc) is 2.83. The van der Waals surface area contributed by atoms with Gasteiger partial charge in [-0.2, -0.15) is 13.2 Å². The molecule has 1 aliphatic heterocycles. The lowest BCUT2D eigenvalue weighted by Crippen LogP contribution is -2.47. The molecule has 1 aliphatic carbocycles. The van der Waals surface area contributed by atoms with Crippen LogP contribution in [-0.2, 0) is 0 Å². The number of halogens is 3. The van der Waals surface area contributed by atoms with Crippen molar-refractivity contribution in [3.05, 3.63) is 0 Å². The molecule has 15 heavy (non-hydrogen) atoms. The summed E-state index contributed by atoms with van der Waals surface area (Å²) in [6.07, 6.45) is -2.56. The van der Waals surface area contributed by atoms with Crippen molar-refractivity contribution in [1.82, 2.24) is 10.2 Å². The largest absolute Gasteiger partial charge is 0.406 e. The molecule has 0 radical (unpaired) electrons. The summed E-state index contributed by atoms with van der Waals surface area (Å²) in [5, 5.41) is 3.03. The second-order valence-electron chi connectivity index (χ2n) is 4.69. The van der Waals surface area contributed by atoms with Crippen LogP contribution in [0.3, 0.4) is 0 Å². The van der Waals surface area contributed by atoms with Crippen LogP contribution in [0.1, 0.15) is 19.3 Å². The van der Waals surface area contributed by atoms with E-state index in [0.717, 1.165) is 13.0 Å². The zero-order valence-electron chi connectivity index (χ0n) is 8.90. The van der Waals surface area contributed by atoms with Gasteiger partial charge in [-0.05, 0) is 45.3 Å². The number of nitrogens with one attached hydrogen (secondary N) is 1. The van der Waals surface area contributed by atoms with Gasteiger partial charge >= 0.3 is 6.18 Å². The molecular weight excluding hydrogens is 205 g/mol. The molecule has 1 saturated carbocycles. The summed E-state index contributed by atoms with van der Waals surface area (Å²) < 4.78 is 38.4. The molecule has 88 valence electrons. The Kier molecular flexibility index (Phi) is 2.71. The highest BCUT2D eigenvalue weighted by Crippen LogP contribution is 2.54. The second-order valence-corrected chi connectivity index (χ2v) is 4.69. The molecule has 1 heterocycles. The first-order valence-corrected chi connectivity index (χ1v) is 5.46. The van der Waals surface area contributed by atoms with E-state index in [4.69, 9.17) is 0 Å². The lowest BCUT2D eigenvalue weighted by molar-refractivity contribution is -0.193. The Morgan fingerprint density at radius 3 is 2.53 bits per heavy atom. The molecule has 0 spiro atoms.